The van der Waals surface area contributed by atoms with Gasteiger partial charge < -0.3 is 43.4 Å². The molecule has 0 bridgehead atoms. The maximum Gasteiger partial charge on any atom is 0.320 e. The molecule has 12 heteroatoms. The van der Waals surface area contributed by atoms with Crippen molar-refractivity contribution in [3.05, 3.63) is 77.9 Å². The van der Waals surface area contributed by atoms with E-state index in [4.69, 9.17) is 33.2 Å². The molecule has 12 nitrogen and oxygen atoms in total. The third kappa shape index (κ3) is 7.78. The lowest BCUT2D eigenvalue weighted by Gasteiger charge is -2.48. The van der Waals surface area contributed by atoms with Crippen molar-refractivity contribution in [3.8, 4) is 5.75 Å². The van der Waals surface area contributed by atoms with E-state index in [9.17, 15) is 24.6 Å². The van der Waals surface area contributed by atoms with E-state index in [0.717, 1.165) is 25.0 Å². The highest BCUT2D eigenvalue weighted by Gasteiger charge is 2.70. The van der Waals surface area contributed by atoms with Crippen molar-refractivity contribution in [2.45, 2.75) is 82.3 Å². The highest BCUT2D eigenvalue weighted by atomic mass is 16.8. The van der Waals surface area contributed by atoms with E-state index >= 15 is 0 Å². The first-order valence-corrected chi connectivity index (χ1v) is 14.6. The second kappa shape index (κ2) is 15.1. The Labute approximate surface area is 261 Å². The molecule has 1 fully saturated rings. The molecule has 2 aromatic rings. The molecular formula is C33H40O12. The fourth-order valence-corrected chi connectivity index (χ4v) is 5.65. The van der Waals surface area contributed by atoms with Gasteiger partial charge in [-0.3, -0.25) is 14.4 Å². The van der Waals surface area contributed by atoms with E-state index in [-0.39, 0.29) is 26.2 Å². The van der Waals surface area contributed by atoms with Gasteiger partial charge in [-0.25, -0.2) is 0 Å². The number of hydrogen-bond acceptors (Lipinski definition) is 12. The van der Waals surface area contributed by atoms with Gasteiger partial charge in [-0.05, 0) is 36.3 Å². The predicted octanol–water partition coefficient (Wildman–Crippen LogP) is 2.41. The van der Waals surface area contributed by atoms with Crippen LogP contribution in [0.15, 0.2) is 66.7 Å². The topological polar surface area (TPSA) is 156 Å². The number of rotatable bonds is 14. The summed E-state index contributed by atoms with van der Waals surface area (Å²) in [6.07, 6.45) is -2.94. The summed E-state index contributed by atoms with van der Waals surface area (Å²) in [5.41, 5.74) is -0.525. The largest absolute Gasteiger partial charge is 0.497 e. The summed E-state index contributed by atoms with van der Waals surface area (Å²) in [5, 5.41) is 20.2. The molecule has 0 saturated carbocycles. The Hall–Kier alpha value is -3.65. The maximum atomic E-state index is 13.6. The highest BCUT2D eigenvalue weighted by Crippen LogP contribution is 2.46. The molecule has 4 rings (SSSR count). The Kier molecular flexibility index (Phi) is 11.5. The third-order valence-corrected chi connectivity index (χ3v) is 7.73. The second-order valence-electron chi connectivity index (χ2n) is 11.0. The molecule has 0 aromatic heterocycles. The Morgan fingerprint density at radius 1 is 1.00 bits per heavy atom. The zero-order valence-corrected chi connectivity index (χ0v) is 25.8. The summed E-state index contributed by atoms with van der Waals surface area (Å²) in [6.45, 7) is 3.07. The summed E-state index contributed by atoms with van der Waals surface area (Å²) in [4.78, 5) is 38.7. The summed E-state index contributed by atoms with van der Waals surface area (Å²) in [6, 6.07) is 16.5. The van der Waals surface area contributed by atoms with Crippen LogP contribution >= 0.6 is 0 Å². The van der Waals surface area contributed by atoms with Gasteiger partial charge in [0.1, 0.15) is 24.1 Å². The Bertz CT molecular complexity index is 1330. The van der Waals surface area contributed by atoms with Crippen LogP contribution in [0.2, 0.25) is 0 Å². The number of carbonyl (C=O) groups is 3. The van der Waals surface area contributed by atoms with Crippen molar-refractivity contribution in [1.29, 1.82) is 0 Å². The van der Waals surface area contributed by atoms with Gasteiger partial charge in [0.25, 0.3) is 0 Å². The highest BCUT2D eigenvalue weighted by molar-refractivity contribution is 5.99. The standard InChI is InChI=1S/C33H40O12/c1-21(35)44-32(3,33(45-22(2)36)28(38)11-8-16-42-33)31-30(41-20-24-12-14-26(39-4)15-13-24)29(27(43-31)17-25(37)18-34)40-19-23-9-6-5-7-10-23/h5-15,25,27,29-31,34,37H,16-20H2,1-4H3/t25?,27-,29+,30-,31-,32?,33+/m1/s1. The quantitative estimate of drug-likeness (QED) is 0.295. The Balaban J connectivity index is 1.81. The zero-order chi connectivity index (χ0) is 32.6. The van der Waals surface area contributed by atoms with E-state index in [0.29, 0.717) is 5.75 Å². The summed E-state index contributed by atoms with van der Waals surface area (Å²) in [5.74, 6) is -4.26. The van der Waals surface area contributed by atoms with Crippen LogP contribution in [0.5, 0.6) is 5.75 Å². The summed E-state index contributed by atoms with van der Waals surface area (Å²) < 4.78 is 41.9. The molecule has 45 heavy (non-hydrogen) atoms. The molecule has 0 aliphatic carbocycles. The monoisotopic (exact) mass is 628 g/mol. The number of aliphatic hydroxyl groups excluding tert-OH is 2. The number of carbonyl (C=O) groups excluding carboxylic acids is 3. The minimum absolute atomic E-state index is 0.0282. The van der Waals surface area contributed by atoms with Crippen LogP contribution in [0.3, 0.4) is 0 Å². The van der Waals surface area contributed by atoms with Gasteiger partial charge in [-0.2, -0.15) is 0 Å². The van der Waals surface area contributed by atoms with Crippen LogP contribution in [0.25, 0.3) is 0 Å². The zero-order valence-electron chi connectivity index (χ0n) is 25.8. The van der Waals surface area contributed by atoms with Crippen LogP contribution in [-0.2, 0) is 56.0 Å². The lowest BCUT2D eigenvalue weighted by molar-refractivity contribution is -0.313. The van der Waals surface area contributed by atoms with Crippen LogP contribution in [0.1, 0.15) is 38.3 Å². The molecule has 2 heterocycles. The molecule has 0 spiro atoms. The average molecular weight is 629 g/mol. The lowest BCUT2D eigenvalue weighted by atomic mass is 9.81. The predicted molar refractivity (Wildman–Crippen MR) is 158 cm³/mol. The smallest absolute Gasteiger partial charge is 0.320 e. The molecule has 244 valence electrons. The molecule has 2 aromatic carbocycles. The first-order valence-electron chi connectivity index (χ1n) is 14.6. The number of benzene rings is 2. The minimum atomic E-state index is -2.44. The maximum absolute atomic E-state index is 13.6. The van der Waals surface area contributed by atoms with Crippen molar-refractivity contribution >= 4 is 17.7 Å². The normalized spacial score (nSPS) is 26.6. The van der Waals surface area contributed by atoms with Crippen LogP contribution < -0.4 is 4.74 Å². The fraction of sp³-hybridized carbons (Fsp3) is 0.485. The Morgan fingerprint density at radius 2 is 1.64 bits per heavy atom. The van der Waals surface area contributed by atoms with Crippen molar-refractivity contribution in [3.63, 3.8) is 0 Å². The molecule has 2 N–H and O–H groups in total. The van der Waals surface area contributed by atoms with E-state index in [1.54, 1.807) is 31.4 Å². The molecule has 2 aliphatic heterocycles. The number of ether oxygens (including phenoxy) is 7. The van der Waals surface area contributed by atoms with E-state index < -0.39 is 66.2 Å². The molecular weight excluding hydrogens is 588 g/mol. The molecule has 0 radical (unpaired) electrons. The first kappa shape index (κ1) is 34.2. The van der Waals surface area contributed by atoms with Gasteiger partial charge in [0.05, 0.1) is 45.7 Å². The van der Waals surface area contributed by atoms with Crippen molar-refractivity contribution < 1.29 is 57.8 Å². The van der Waals surface area contributed by atoms with Gasteiger partial charge in [0.15, 0.2) is 0 Å². The first-order chi connectivity index (χ1) is 21.5. The number of ketones is 1. The second-order valence-corrected chi connectivity index (χ2v) is 11.0. The number of esters is 2. The average Bonchev–Trinajstić information content (AvgIpc) is 3.37. The van der Waals surface area contributed by atoms with E-state index in [2.05, 4.69) is 0 Å². The minimum Gasteiger partial charge on any atom is -0.497 e. The van der Waals surface area contributed by atoms with Gasteiger partial charge >= 0.3 is 17.7 Å². The molecule has 2 unspecified atom stereocenters. The van der Waals surface area contributed by atoms with Crippen LogP contribution in [0, 0.1) is 0 Å². The Morgan fingerprint density at radius 3 is 2.22 bits per heavy atom. The van der Waals surface area contributed by atoms with Crippen molar-refractivity contribution in [2.24, 2.45) is 0 Å². The molecule has 2 aliphatic rings. The van der Waals surface area contributed by atoms with Crippen molar-refractivity contribution in [1.82, 2.24) is 0 Å². The van der Waals surface area contributed by atoms with E-state index in [1.807, 2.05) is 30.3 Å². The SMILES string of the molecule is COc1ccc(CO[C@@H]2[C@@H](OCc3ccccc3)[C@@H](CC(O)CO)O[C@H]2C(C)(OC(C)=O)[C@]2(OC(C)=O)OCC=CC2=O)cc1. The summed E-state index contributed by atoms with van der Waals surface area (Å²) >= 11 is 0. The third-order valence-electron chi connectivity index (χ3n) is 7.73. The van der Waals surface area contributed by atoms with E-state index in [1.165, 1.54) is 19.1 Å². The number of hydrogen-bond donors (Lipinski definition) is 2. The van der Waals surface area contributed by atoms with Gasteiger partial charge in [0.2, 0.25) is 11.4 Å². The summed E-state index contributed by atoms with van der Waals surface area (Å²) in [7, 11) is 1.56. The fourth-order valence-electron chi connectivity index (χ4n) is 5.65. The number of methoxy groups -OCH3 is 1. The number of aliphatic hydroxyl groups is 2. The van der Waals surface area contributed by atoms with Gasteiger partial charge in [-0.1, -0.05) is 48.5 Å². The molecule has 7 atom stereocenters. The van der Waals surface area contributed by atoms with Crippen LogP contribution in [0.4, 0.5) is 0 Å². The molecule has 0 amide bonds. The lowest BCUT2D eigenvalue weighted by Crippen LogP contribution is -2.70. The molecule has 1 saturated heterocycles. The van der Waals surface area contributed by atoms with Crippen molar-refractivity contribution in [2.75, 3.05) is 20.3 Å². The van der Waals surface area contributed by atoms with Gasteiger partial charge in [0, 0.05) is 20.3 Å². The van der Waals surface area contributed by atoms with Crippen LogP contribution in [-0.4, -0.2) is 90.2 Å². The van der Waals surface area contributed by atoms with Gasteiger partial charge in [-0.15, -0.1) is 0 Å².